The van der Waals surface area contributed by atoms with Crippen LogP contribution in [-0.4, -0.2) is 41.2 Å². The van der Waals surface area contributed by atoms with Gasteiger partial charge < -0.3 is 9.80 Å². The average Bonchev–Trinajstić information content (AvgIpc) is 2.96. The Morgan fingerprint density at radius 3 is 2.75 bits per heavy atom. The molecule has 0 radical (unpaired) electrons. The highest BCUT2D eigenvalue weighted by Crippen LogP contribution is 2.40. The van der Waals surface area contributed by atoms with E-state index >= 15 is 0 Å². The number of likely N-dealkylation sites (tertiary alicyclic amines) is 2. The van der Waals surface area contributed by atoms with Gasteiger partial charge in [0.05, 0.1) is 5.41 Å². The van der Waals surface area contributed by atoms with Crippen molar-refractivity contribution in [1.29, 1.82) is 0 Å². The van der Waals surface area contributed by atoms with Crippen molar-refractivity contribution in [2.45, 2.75) is 46.6 Å². The molecular formula is C20H28N2O2. The van der Waals surface area contributed by atoms with Gasteiger partial charge in [0, 0.05) is 32.1 Å². The molecule has 1 atom stereocenters. The first kappa shape index (κ1) is 17.0. The molecular weight excluding hydrogens is 300 g/mol. The molecule has 4 nitrogen and oxygen atoms in total. The van der Waals surface area contributed by atoms with E-state index in [2.05, 4.69) is 25.1 Å². The van der Waals surface area contributed by atoms with E-state index in [9.17, 15) is 9.59 Å². The molecule has 4 heteroatoms. The summed E-state index contributed by atoms with van der Waals surface area (Å²) in [5.41, 5.74) is 2.07. The maximum Gasteiger partial charge on any atom is 0.230 e. The number of nitrogens with zero attached hydrogens (tertiary/aromatic N) is 2. The summed E-state index contributed by atoms with van der Waals surface area (Å²) in [6.45, 7) is 8.77. The zero-order valence-electron chi connectivity index (χ0n) is 15.0. The molecule has 0 aliphatic carbocycles. The Morgan fingerprint density at radius 1 is 1.25 bits per heavy atom. The molecule has 2 aliphatic heterocycles. The maximum atomic E-state index is 13.2. The van der Waals surface area contributed by atoms with Gasteiger partial charge in [0.1, 0.15) is 0 Å². The summed E-state index contributed by atoms with van der Waals surface area (Å²) in [6.07, 6.45) is 2.76. The monoisotopic (exact) mass is 328 g/mol. The molecule has 1 spiro atoms. The number of hydrogen-bond donors (Lipinski definition) is 0. The van der Waals surface area contributed by atoms with Gasteiger partial charge in [-0.25, -0.2) is 0 Å². The van der Waals surface area contributed by atoms with E-state index in [0.717, 1.165) is 32.4 Å². The van der Waals surface area contributed by atoms with Crippen LogP contribution < -0.4 is 0 Å². The number of piperidine rings is 1. The molecule has 0 bridgehead atoms. The third kappa shape index (κ3) is 3.19. The van der Waals surface area contributed by atoms with Crippen molar-refractivity contribution < 1.29 is 9.59 Å². The van der Waals surface area contributed by atoms with Gasteiger partial charge in [-0.2, -0.15) is 0 Å². The van der Waals surface area contributed by atoms with Crippen molar-refractivity contribution >= 4 is 11.8 Å². The van der Waals surface area contributed by atoms with Crippen LogP contribution in [0.15, 0.2) is 24.3 Å². The van der Waals surface area contributed by atoms with E-state index in [1.807, 2.05) is 29.7 Å². The standard InChI is InChI=1S/C20H28N2O2/c1-15(2)18(23)22-11-9-20(14-22)8-5-10-21(19(20)24)13-17-7-4-6-16(3)12-17/h4,6-7,12,15H,5,8-11,13-14H2,1-3H3. The Morgan fingerprint density at radius 2 is 2.04 bits per heavy atom. The third-order valence-corrected chi connectivity index (χ3v) is 5.44. The zero-order chi connectivity index (χ0) is 17.3. The van der Waals surface area contributed by atoms with Gasteiger partial charge >= 0.3 is 0 Å². The van der Waals surface area contributed by atoms with Gasteiger partial charge in [-0.3, -0.25) is 9.59 Å². The van der Waals surface area contributed by atoms with E-state index in [0.29, 0.717) is 13.1 Å². The van der Waals surface area contributed by atoms with Crippen molar-refractivity contribution in [2.75, 3.05) is 19.6 Å². The largest absolute Gasteiger partial charge is 0.341 e. The van der Waals surface area contributed by atoms with E-state index in [-0.39, 0.29) is 23.1 Å². The number of carbonyl (C=O) groups is 2. The minimum absolute atomic E-state index is 0.00207. The minimum Gasteiger partial charge on any atom is -0.341 e. The second-order valence-electron chi connectivity index (χ2n) is 7.76. The molecule has 0 N–H and O–H groups in total. The van der Waals surface area contributed by atoms with Gasteiger partial charge in [-0.15, -0.1) is 0 Å². The van der Waals surface area contributed by atoms with Crippen LogP contribution in [0.5, 0.6) is 0 Å². The van der Waals surface area contributed by atoms with Crippen LogP contribution in [0.1, 0.15) is 44.2 Å². The second-order valence-corrected chi connectivity index (χ2v) is 7.76. The summed E-state index contributed by atoms with van der Waals surface area (Å²) < 4.78 is 0. The van der Waals surface area contributed by atoms with Crippen LogP contribution in [0.25, 0.3) is 0 Å². The lowest BCUT2D eigenvalue weighted by atomic mass is 9.78. The quantitative estimate of drug-likeness (QED) is 0.856. The molecule has 1 unspecified atom stereocenters. The molecule has 2 aliphatic rings. The van der Waals surface area contributed by atoms with Crippen molar-refractivity contribution in [2.24, 2.45) is 11.3 Å². The Balaban J connectivity index is 1.72. The highest BCUT2D eigenvalue weighted by molar-refractivity contribution is 5.86. The Kier molecular flexibility index (Phi) is 4.66. The summed E-state index contributed by atoms with van der Waals surface area (Å²) in [5.74, 6) is 0.423. The first-order valence-electron chi connectivity index (χ1n) is 9.05. The van der Waals surface area contributed by atoms with E-state index < -0.39 is 0 Å². The molecule has 3 rings (SSSR count). The highest BCUT2D eigenvalue weighted by Gasteiger charge is 2.49. The fourth-order valence-corrected chi connectivity index (χ4v) is 4.14. The number of benzene rings is 1. The predicted molar refractivity (Wildman–Crippen MR) is 94.3 cm³/mol. The molecule has 2 heterocycles. The number of amides is 2. The number of rotatable bonds is 3. The Labute approximate surface area is 144 Å². The first-order valence-corrected chi connectivity index (χ1v) is 9.05. The van der Waals surface area contributed by atoms with Crippen LogP contribution in [-0.2, 0) is 16.1 Å². The lowest BCUT2D eigenvalue weighted by molar-refractivity contribution is -0.147. The van der Waals surface area contributed by atoms with Crippen molar-refractivity contribution in [3.63, 3.8) is 0 Å². The first-order chi connectivity index (χ1) is 11.4. The van der Waals surface area contributed by atoms with Gasteiger partial charge in [0.15, 0.2) is 0 Å². The molecule has 2 fully saturated rings. The SMILES string of the molecule is Cc1cccc(CN2CCCC3(CCN(C(=O)C(C)C)C3)C2=O)c1. The summed E-state index contributed by atoms with van der Waals surface area (Å²) in [5, 5.41) is 0. The number of hydrogen-bond acceptors (Lipinski definition) is 2. The average molecular weight is 328 g/mol. The normalized spacial score (nSPS) is 24.2. The van der Waals surface area contributed by atoms with Gasteiger partial charge in [-0.05, 0) is 31.7 Å². The molecule has 1 aromatic carbocycles. The van der Waals surface area contributed by atoms with Crippen LogP contribution in [0.4, 0.5) is 0 Å². The molecule has 0 aromatic heterocycles. The minimum atomic E-state index is -0.341. The van der Waals surface area contributed by atoms with Crippen LogP contribution in [0.2, 0.25) is 0 Å². The summed E-state index contributed by atoms with van der Waals surface area (Å²) in [7, 11) is 0. The summed E-state index contributed by atoms with van der Waals surface area (Å²) in [6, 6.07) is 8.37. The Hall–Kier alpha value is -1.84. The van der Waals surface area contributed by atoms with Crippen molar-refractivity contribution in [3.05, 3.63) is 35.4 Å². The topological polar surface area (TPSA) is 40.6 Å². The van der Waals surface area contributed by atoms with E-state index in [1.165, 1.54) is 11.1 Å². The number of aryl methyl sites for hydroxylation is 1. The summed E-state index contributed by atoms with van der Waals surface area (Å²) in [4.78, 5) is 29.4. The lowest BCUT2D eigenvalue weighted by Crippen LogP contribution is -2.50. The van der Waals surface area contributed by atoms with Crippen LogP contribution >= 0.6 is 0 Å². The molecule has 0 saturated carbocycles. The highest BCUT2D eigenvalue weighted by atomic mass is 16.2. The van der Waals surface area contributed by atoms with Gasteiger partial charge in [-0.1, -0.05) is 43.7 Å². The van der Waals surface area contributed by atoms with Crippen LogP contribution in [0.3, 0.4) is 0 Å². The zero-order valence-corrected chi connectivity index (χ0v) is 15.0. The van der Waals surface area contributed by atoms with Crippen molar-refractivity contribution in [3.8, 4) is 0 Å². The third-order valence-electron chi connectivity index (χ3n) is 5.44. The second kappa shape index (κ2) is 6.58. The number of carbonyl (C=O) groups excluding carboxylic acids is 2. The fourth-order valence-electron chi connectivity index (χ4n) is 4.14. The molecule has 2 amide bonds. The molecule has 1 aromatic rings. The smallest absolute Gasteiger partial charge is 0.230 e. The van der Waals surface area contributed by atoms with Gasteiger partial charge in [0.2, 0.25) is 11.8 Å². The summed E-state index contributed by atoms with van der Waals surface area (Å²) >= 11 is 0. The molecule has 24 heavy (non-hydrogen) atoms. The lowest BCUT2D eigenvalue weighted by Gasteiger charge is -2.39. The molecule has 2 saturated heterocycles. The fraction of sp³-hybridized carbons (Fsp3) is 0.600. The van der Waals surface area contributed by atoms with Crippen molar-refractivity contribution in [1.82, 2.24) is 9.80 Å². The molecule has 130 valence electrons. The van der Waals surface area contributed by atoms with E-state index in [1.54, 1.807) is 0 Å². The van der Waals surface area contributed by atoms with Crippen LogP contribution in [0, 0.1) is 18.3 Å². The predicted octanol–water partition coefficient (Wildman–Crippen LogP) is 2.99. The maximum absolute atomic E-state index is 13.2. The van der Waals surface area contributed by atoms with E-state index in [4.69, 9.17) is 0 Å². The van der Waals surface area contributed by atoms with Gasteiger partial charge in [0.25, 0.3) is 0 Å². The Bertz CT molecular complexity index is 640.